The van der Waals surface area contributed by atoms with Crippen molar-refractivity contribution < 1.29 is 13.6 Å². The van der Waals surface area contributed by atoms with E-state index in [-0.39, 0.29) is 5.56 Å². The zero-order chi connectivity index (χ0) is 11.5. The number of hydrogen-bond donors (Lipinski definition) is 0. The highest BCUT2D eigenvalue weighted by Crippen LogP contribution is 2.22. The molecular formula is C11H8F2N2O. The van der Waals surface area contributed by atoms with Crippen molar-refractivity contribution >= 4 is 6.41 Å². The van der Waals surface area contributed by atoms with E-state index in [1.807, 2.05) is 0 Å². The maximum Gasteiger partial charge on any atom is 0.263 e. The minimum absolute atomic E-state index is 0.0291. The van der Waals surface area contributed by atoms with E-state index in [0.29, 0.717) is 17.7 Å². The van der Waals surface area contributed by atoms with Gasteiger partial charge in [-0.3, -0.25) is 4.79 Å². The van der Waals surface area contributed by atoms with Crippen LogP contribution in [0.1, 0.15) is 12.0 Å². The topological polar surface area (TPSA) is 34.9 Å². The zero-order valence-corrected chi connectivity index (χ0v) is 8.18. The molecule has 82 valence electrons. The number of halogens is 2. The minimum Gasteiger partial charge on any atom is -0.276 e. The van der Waals surface area contributed by atoms with Gasteiger partial charge in [-0.2, -0.15) is 5.10 Å². The van der Waals surface area contributed by atoms with Crippen LogP contribution in [0.15, 0.2) is 36.5 Å². The molecule has 0 saturated carbocycles. The largest absolute Gasteiger partial charge is 0.276 e. The van der Waals surface area contributed by atoms with Crippen molar-refractivity contribution in [2.75, 3.05) is 0 Å². The lowest BCUT2D eigenvalue weighted by Gasteiger charge is -2.00. The lowest BCUT2D eigenvalue weighted by atomic mass is 10.1. The summed E-state index contributed by atoms with van der Waals surface area (Å²) in [5.74, 6) is 0. The van der Waals surface area contributed by atoms with Crippen molar-refractivity contribution in [3.05, 3.63) is 42.1 Å². The van der Waals surface area contributed by atoms with E-state index in [1.54, 1.807) is 18.2 Å². The van der Waals surface area contributed by atoms with Gasteiger partial charge in [0.05, 0.1) is 5.69 Å². The maximum atomic E-state index is 12.3. The number of carbonyl (C=O) groups is 1. The van der Waals surface area contributed by atoms with Crippen molar-refractivity contribution in [1.29, 1.82) is 0 Å². The highest BCUT2D eigenvalue weighted by molar-refractivity contribution is 5.61. The lowest BCUT2D eigenvalue weighted by Crippen LogP contribution is -1.94. The van der Waals surface area contributed by atoms with Crippen LogP contribution in [0, 0.1) is 0 Å². The summed E-state index contributed by atoms with van der Waals surface area (Å²) in [7, 11) is 0. The molecule has 0 unspecified atom stereocenters. The van der Waals surface area contributed by atoms with Crippen LogP contribution in [0.5, 0.6) is 0 Å². The molecule has 1 aromatic heterocycles. The van der Waals surface area contributed by atoms with Gasteiger partial charge in [-0.15, -0.1) is 0 Å². The number of nitrogens with zero attached hydrogens (tertiary/aromatic N) is 2. The van der Waals surface area contributed by atoms with Crippen LogP contribution in [0.25, 0.3) is 11.3 Å². The summed E-state index contributed by atoms with van der Waals surface area (Å²) in [6.07, 6.45) is -0.401. The molecule has 0 amide bonds. The molecule has 16 heavy (non-hydrogen) atoms. The second-order valence-corrected chi connectivity index (χ2v) is 3.21. The predicted molar refractivity (Wildman–Crippen MR) is 54.8 cm³/mol. The fourth-order valence-corrected chi connectivity index (χ4v) is 1.35. The van der Waals surface area contributed by atoms with Gasteiger partial charge in [0.15, 0.2) is 0 Å². The van der Waals surface area contributed by atoms with Crippen molar-refractivity contribution in [3.63, 3.8) is 0 Å². The van der Waals surface area contributed by atoms with E-state index in [9.17, 15) is 13.6 Å². The molecule has 0 aliphatic heterocycles. The van der Waals surface area contributed by atoms with Crippen molar-refractivity contribution in [1.82, 2.24) is 9.78 Å². The molecule has 0 saturated heterocycles. The van der Waals surface area contributed by atoms with Crippen molar-refractivity contribution in [2.45, 2.75) is 6.43 Å². The molecule has 0 aliphatic carbocycles. The van der Waals surface area contributed by atoms with Gasteiger partial charge in [-0.1, -0.05) is 24.3 Å². The van der Waals surface area contributed by atoms with Crippen molar-refractivity contribution in [3.8, 4) is 11.3 Å². The first-order valence-corrected chi connectivity index (χ1v) is 4.59. The average Bonchev–Trinajstić information content (AvgIpc) is 2.77. The molecular weight excluding hydrogens is 214 g/mol. The van der Waals surface area contributed by atoms with Gasteiger partial charge in [0.1, 0.15) is 0 Å². The molecule has 1 aromatic carbocycles. The van der Waals surface area contributed by atoms with E-state index in [1.165, 1.54) is 18.3 Å². The first-order valence-electron chi connectivity index (χ1n) is 4.59. The van der Waals surface area contributed by atoms with E-state index in [2.05, 4.69) is 5.10 Å². The summed E-state index contributed by atoms with van der Waals surface area (Å²) in [4.78, 5) is 10.4. The number of aromatic nitrogens is 2. The van der Waals surface area contributed by atoms with E-state index >= 15 is 0 Å². The molecule has 0 aliphatic rings. The van der Waals surface area contributed by atoms with Gasteiger partial charge >= 0.3 is 0 Å². The molecule has 0 bridgehead atoms. The second-order valence-electron chi connectivity index (χ2n) is 3.21. The highest BCUT2D eigenvalue weighted by Gasteiger charge is 2.07. The Bertz CT molecular complexity index is 491. The van der Waals surface area contributed by atoms with Gasteiger partial charge in [0.25, 0.3) is 6.43 Å². The highest BCUT2D eigenvalue weighted by atomic mass is 19.3. The quantitative estimate of drug-likeness (QED) is 0.748. The summed E-state index contributed by atoms with van der Waals surface area (Å²) in [6, 6.07) is 7.45. The Kier molecular flexibility index (Phi) is 2.76. The summed E-state index contributed by atoms with van der Waals surface area (Å²) >= 11 is 0. The first-order chi connectivity index (χ1) is 7.70. The average molecular weight is 222 g/mol. The molecule has 2 aromatic rings. The maximum absolute atomic E-state index is 12.3. The molecule has 2 rings (SSSR count). The molecule has 5 heteroatoms. The predicted octanol–water partition coefficient (Wildman–Crippen LogP) is 2.53. The van der Waals surface area contributed by atoms with Crippen LogP contribution in [-0.4, -0.2) is 16.2 Å². The van der Waals surface area contributed by atoms with Crippen LogP contribution in [-0.2, 0) is 4.79 Å². The molecule has 0 atom stereocenters. The number of rotatable bonds is 3. The standard InChI is InChI=1S/C11H8F2N2O/c12-11(13)9-3-1-8(2-4-9)10-5-6-15(7-16)14-10/h1-7,11H. The fraction of sp³-hybridized carbons (Fsp3) is 0.0909. The van der Waals surface area contributed by atoms with Crippen LogP contribution >= 0.6 is 0 Å². The van der Waals surface area contributed by atoms with Gasteiger partial charge in [0, 0.05) is 17.3 Å². The molecule has 0 N–H and O–H groups in total. The molecule has 0 radical (unpaired) electrons. The summed E-state index contributed by atoms with van der Waals surface area (Å²) < 4.78 is 25.7. The van der Waals surface area contributed by atoms with E-state index in [4.69, 9.17) is 0 Å². The summed E-state index contributed by atoms with van der Waals surface area (Å²) in [6.45, 7) is 0. The van der Waals surface area contributed by atoms with E-state index < -0.39 is 6.43 Å². The Labute approximate surface area is 90.3 Å². The molecule has 0 fully saturated rings. The Morgan fingerprint density at radius 3 is 2.38 bits per heavy atom. The summed E-state index contributed by atoms with van der Waals surface area (Å²) in [5, 5.41) is 3.93. The Hall–Kier alpha value is -2.04. The minimum atomic E-state index is -2.47. The molecule has 1 heterocycles. The Morgan fingerprint density at radius 2 is 1.88 bits per heavy atom. The van der Waals surface area contributed by atoms with E-state index in [0.717, 1.165) is 4.68 Å². The smallest absolute Gasteiger partial charge is 0.263 e. The van der Waals surface area contributed by atoms with Crippen LogP contribution < -0.4 is 0 Å². The third-order valence-corrected chi connectivity index (χ3v) is 2.17. The monoisotopic (exact) mass is 222 g/mol. The van der Waals surface area contributed by atoms with Gasteiger partial charge in [-0.05, 0) is 6.07 Å². The third-order valence-electron chi connectivity index (χ3n) is 2.17. The first kappa shape index (κ1) is 10.5. The fourth-order valence-electron chi connectivity index (χ4n) is 1.35. The van der Waals surface area contributed by atoms with Crippen molar-refractivity contribution in [2.24, 2.45) is 0 Å². The normalized spacial score (nSPS) is 10.7. The van der Waals surface area contributed by atoms with Gasteiger partial charge in [0.2, 0.25) is 6.41 Å². The van der Waals surface area contributed by atoms with Crippen LogP contribution in [0.3, 0.4) is 0 Å². The zero-order valence-electron chi connectivity index (χ0n) is 8.18. The summed E-state index contributed by atoms with van der Waals surface area (Å²) in [5.41, 5.74) is 1.25. The number of benzene rings is 1. The number of alkyl halides is 2. The van der Waals surface area contributed by atoms with Gasteiger partial charge in [-0.25, -0.2) is 13.5 Å². The molecule has 0 spiro atoms. The van der Waals surface area contributed by atoms with Crippen LogP contribution in [0.2, 0.25) is 0 Å². The van der Waals surface area contributed by atoms with Crippen LogP contribution in [0.4, 0.5) is 8.78 Å². The third kappa shape index (κ3) is 1.98. The molecule has 3 nitrogen and oxygen atoms in total. The SMILES string of the molecule is O=Cn1ccc(-c2ccc(C(F)F)cc2)n1. The van der Waals surface area contributed by atoms with Gasteiger partial charge < -0.3 is 0 Å². The number of hydrogen-bond acceptors (Lipinski definition) is 2. The number of carbonyl (C=O) groups excluding carboxylic acids is 1. The second kappa shape index (κ2) is 4.22. The lowest BCUT2D eigenvalue weighted by molar-refractivity contribution is 0.151. The Balaban J connectivity index is 2.30. The Morgan fingerprint density at radius 1 is 1.19 bits per heavy atom.